The Balaban J connectivity index is 2.14. The molecule has 0 amide bonds. The third-order valence-electron chi connectivity index (χ3n) is 12.4. The van der Waals surface area contributed by atoms with Crippen molar-refractivity contribution in [2.45, 2.75) is 204 Å². The van der Waals surface area contributed by atoms with Gasteiger partial charge in [-0.25, -0.2) is 0 Å². The van der Waals surface area contributed by atoms with Crippen LogP contribution in [0.2, 0.25) is 0 Å². The lowest BCUT2D eigenvalue weighted by Gasteiger charge is -2.30. The van der Waals surface area contributed by atoms with Crippen LogP contribution >= 0.6 is 0 Å². The summed E-state index contributed by atoms with van der Waals surface area (Å²) < 4.78 is 0. The number of phenols is 3. The van der Waals surface area contributed by atoms with E-state index in [4.69, 9.17) is 0 Å². The monoisotopic (exact) mass is 789 g/mol. The molecule has 0 bridgehead atoms. The molecule has 0 unspecified atom stereocenters. The standard InChI is InChI=1S/C55H80O3/c1-22-37-39(24-35-28-43(52(10,11)12)48(57)44(29-35)53(13,14)15)32(2)38(23-34-26-41(50(4,5)6)47(56)42(27-34)51(7,8)9)33(3)40(37)25-36-30-45(54(16,17)18)49(58)46(31-36)55(19,20)21/h26-31,56-58H,22-25H2,1-21H3. The number of hydrogen-bond acceptors (Lipinski definition) is 3. The molecule has 0 radical (unpaired) electrons. The number of rotatable bonds is 7. The molecule has 0 aromatic heterocycles. The number of benzene rings is 4. The van der Waals surface area contributed by atoms with Crippen LogP contribution in [0.25, 0.3) is 0 Å². The highest BCUT2D eigenvalue weighted by Gasteiger charge is 2.31. The molecule has 0 atom stereocenters. The van der Waals surface area contributed by atoms with Crippen molar-refractivity contribution >= 4 is 0 Å². The van der Waals surface area contributed by atoms with Gasteiger partial charge in [0, 0.05) is 0 Å². The molecule has 0 spiro atoms. The minimum atomic E-state index is -0.227. The van der Waals surface area contributed by atoms with Crippen LogP contribution in [0.1, 0.15) is 215 Å². The first-order chi connectivity index (χ1) is 26.1. The quantitative estimate of drug-likeness (QED) is 0.175. The highest BCUT2D eigenvalue weighted by atomic mass is 16.3. The molecule has 3 heteroatoms. The van der Waals surface area contributed by atoms with Gasteiger partial charge in [-0.3, -0.25) is 0 Å². The van der Waals surface area contributed by atoms with Crippen molar-refractivity contribution in [2.75, 3.05) is 0 Å². The molecule has 0 aliphatic carbocycles. The van der Waals surface area contributed by atoms with Crippen molar-refractivity contribution < 1.29 is 15.3 Å². The first-order valence-corrected chi connectivity index (χ1v) is 21.8. The van der Waals surface area contributed by atoms with Gasteiger partial charge in [-0.15, -0.1) is 0 Å². The molecule has 0 saturated carbocycles. The molecule has 4 aromatic carbocycles. The summed E-state index contributed by atoms with van der Waals surface area (Å²) in [5.74, 6) is 1.23. The van der Waals surface area contributed by atoms with Gasteiger partial charge in [0.15, 0.2) is 0 Å². The van der Waals surface area contributed by atoms with Crippen molar-refractivity contribution in [3.63, 3.8) is 0 Å². The van der Waals surface area contributed by atoms with E-state index in [0.717, 1.165) is 59.1 Å². The third kappa shape index (κ3) is 9.83. The molecule has 3 nitrogen and oxygen atoms in total. The van der Waals surface area contributed by atoms with E-state index in [1.807, 2.05) is 0 Å². The number of hydrogen-bond donors (Lipinski definition) is 3. The van der Waals surface area contributed by atoms with Crippen molar-refractivity contribution in [3.05, 3.63) is 120 Å². The molecular weight excluding hydrogens is 709 g/mol. The second-order valence-corrected chi connectivity index (χ2v) is 23.7. The van der Waals surface area contributed by atoms with Crippen molar-refractivity contribution in [2.24, 2.45) is 0 Å². The topological polar surface area (TPSA) is 60.7 Å². The molecule has 4 rings (SSSR count). The summed E-state index contributed by atoms with van der Waals surface area (Å²) in [6.45, 7) is 46.3. The lowest BCUT2D eigenvalue weighted by atomic mass is 9.75. The molecule has 0 aliphatic rings. The smallest absolute Gasteiger partial charge is 0.123 e. The first kappa shape index (κ1) is 47.0. The molecule has 318 valence electrons. The molecule has 4 aromatic rings. The van der Waals surface area contributed by atoms with Crippen LogP contribution in [0.4, 0.5) is 0 Å². The van der Waals surface area contributed by atoms with Crippen LogP contribution < -0.4 is 0 Å². The van der Waals surface area contributed by atoms with Gasteiger partial charge in [0.2, 0.25) is 0 Å². The summed E-state index contributed by atoms with van der Waals surface area (Å²) in [4.78, 5) is 0. The lowest BCUT2D eigenvalue weighted by Crippen LogP contribution is -2.19. The van der Waals surface area contributed by atoms with Crippen LogP contribution in [-0.4, -0.2) is 15.3 Å². The van der Waals surface area contributed by atoms with Crippen LogP contribution in [0, 0.1) is 13.8 Å². The number of phenolic OH excluding ortho intramolecular Hbond substituents is 3. The Hall–Kier alpha value is -3.72. The van der Waals surface area contributed by atoms with Crippen molar-refractivity contribution in [3.8, 4) is 17.2 Å². The largest absolute Gasteiger partial charge is 0.507 e. The van der Waals surface area contributed by atoms with Gasteiger partial charge in [0.25, 0.3) is 0 Å². The maximum atomic E-state index is 11.7. The zero-order valence-corrected chi connectivity index (χ0v) is 40.6. The summed E-state index contributed by atoms with van der Waals surface area (Å²) in [5.41, 5.74) is 16.3. The van der Waals surface area contributed by atoms with Gasteiger partial charge < -0.3 is 15.3 Å². The number of aromatic hydroxyl groups is 3. The van der Waals surface area contributed by atoms with Crippen molar-refractivity contribution in [1.82, 2.24) is 0 Å². The highest BCUT2D eigenvalue weighted by molar-refractivity contribution is 5.59. The molecule has 0 fully saturated rings. The Morgan fingerprint density at radius 2 is 0.517 bits per heavy atom. The van der Waals surface area contributed by atoms with Crippen LogP contribution in [0.15, 0.2) is 36.4 Å². The van der Waals surface area contributed by atoms with E-state index in [1.54, 1.807) is 0 Å². The fourth-order valence-electron chi connectivity index (χ4n) is 8.88. The maximum absolute atomic E-state index is 11.7. The van der Waals surface area contributed by atoms with Crippen LogP contribution in [0.3, 0.4) is 0 Å². The highest BCUT2D eigenvalue weighted by Crippen LogP contribution is 2.45. The SMILES string of the molecule is CCc1c(Cc2cc(C(C)(C)C)c(O)c(C(C)(C)C)c2)c(C)c(Cc2cc(C(C)(C)C)c(O)c(C(C)(C)C)c2)c(C)c1Cc1cc(C(C)(C)C)c(O)c(C(C)(C)C)c1. The molecule has 0 aliphatic heterocycles. The van der Waals surface area contributed by atoms with Gasteiger partial charge in [0.1, 0.15) is 17.2 Å². The van der Waals surface area contributed by atoms with E-state index in [2.05, 4.69) is 182 Å². The zero-order valence-electron chi connectivity index (χ0n) is 40.6. The van der Waals surface area contributed by atoms with Gasteiger partial charge in [-0.2, -0.15) is 0 Å². The molecule has 3 N–H and O–H groups in total. The fourth-order valence-corrected chi connectivity index (χ4v) is 8.88. The second-order valence-electron chi connectivity index (χ2n) is 23.7. The van der Waals surface area contributed by atoms with E-state index in [1.165, 1.54) is 50.1 Å². The average Bonchev–Trinajstić information content (AvgIpc) is 3.04. The minimum Gasteiger partial charge on any atom is -0.507 e. The fraction of sp³-hybridized carbons (Fsp3) is 0.564. The average molecular weight is 789 g/mol. The Kier molecular flexibility index (Phi) is 12.7. The van der Waals surface area contributed by atoms with Gasteiger partial charge in [-0.05, 0) is 155 Å². The Bertz CT molecular complexity index is 1950. The molecule has 58 heavy (non-hydrogen) atoms. The van der Waals surface area contributed by atoms with Crippen LogP contribution in [0.5, 0.6) is 17.2 Å². The summed E-state index contributed by atoms with van der Waals surface area (Å²) >= 11 is 0. The zero-order chi connectivity index (χ0) is 44.5. The van der Waals surface area contributed by atoms with Gasteiger partial charge in [0.05, 0.1) is 0 Å². The van der Waals surface area contributed by atoms with E-state index >= 15 is 0 Å². The maximum Gasteiger partial charge on any atom is 0.123 e. The summed E-state index contributed by atoms with van der Waals surface area (Å²) in [6, 6.07) is 13.5. The predicted octanol–water partition coefficient (Wildman–Crippen LogP) is 14.5. The minimum absolute atomic E-state index is 0.227. The molecular formula is C55H80O3. The Morgan fingerprint density at radius 3 is 0.690 bits per heavy atom. The summed E-state index contributed by atoms with van der Waals surface area (Å²) in [7, 11) is 0. The van der Waals surface area contributed by atoms with Crippen LogP contribution in [-0.2, 0) is 58.2 Å². The first-order valence-electron chi connectivity index (χ1n) is 21.8. The van der Waals surface area contributed by atoms with Crippen molar-refractivity contribution in [1.29, 1.82) is 0 Å². The summed E-state index contributed by atoms with van der Waals surface area (Å²) in [5, 5.41) is 35.0. The summed E-state index contributed by atoms with van der Waals surface area (Å²) in [6.07, 6.45) is 3.16. The second kappa shape index (κ2) is 15.7. The molecule has 0 saturated heterocycles. The van der Waals surface area contributed by atoms with E-state index in [-0.39, 0.29) is 32.5 Å². The van der Waals surface area contributed by atoms with E-state index in [9.17, 15) is 15.3 Å². The van der Waals surface area contributed by atoms with Gasteiger partial charge in [-0.1, -0.05) is 168 Å². The Morgan fingerprint density at radius 1 is 0.328 bits per heavy atom. The van der Waals surface area contributed by atoms with Gasteiger partial charge >= 0.3 is 0 Å². The Labute approximate surface area is 354 Å². The predicted molar refractivity (Wildman–Crippen MR) is 250 cm³/mol. The lowest BCUT2D eigenvalue weighted by molar-refractivity contribution is 0.422. The molecule has 0 heterocycles. The van der Waals surface area contributed by atoms with E-state index in [0.29, 0.717) is 17.2 Å². The third-order valence-corrected chi connectivity index (χ3v) is 12.4. The van der Waals surface area contributed by atoms with E-state index < -0.39 is 0 Å². The normalized spacial score (nSPS) is 13.4.